The number of aryl methyl sites for hydroxylation is 1. The minimum Gasteiger partial charge on any atom is -0.316 e. The first-order valence-electron chi connectivity index (χ1n) is 8.72. The number of alkyl halides is 3. The Labute approximate surface area is 168 Å². The predicted octanol–water partition coefficient (Wildman–Crippen LogP) is 4.82. The van der Waals surface area contributed by atoms with Crippen LogP contribution in [-0.2, 0) is 23.8 Å². The van der Waals surface area contributed by atoms with Crippen molar-refractivity contribution in [1.82, 2.24) is 9.97 Å². The molecule has 1 aliphatic carbocycles. The number of thiophene rings is 1. The number of anilines is 1. The highest BCUT2D eigenvalue weighted by Crippen LogP contribution is 2.37. The van der Waals surface area contributed by atoms with Crippen LogP contribution in [0.1, 0.15) is 47.9 Å². The van der Waals surface area contributed by atoms with Crippen LogP contribution >= 0.6 is 23.1 Å². The lowest BCUT2D eigenvalue weighted by Crippen LogP contribution is -2.22. The van der Waals surface area contributed by atoms with Crippen molar-refractivity contribution in [1.29, 1.82) is 5.26 Å². The van der Waals surface area contributed by atoms with Crippen molar-refractivity contribution in [3.8, 4) is 6.07 Å². The molecule has 1 N–H and O–H groups in total. The van der Waals surface area contributed by atoms with Crippen molar-refractivity contribution >= 4 is 34.0 Å². The standard InChI is InChI=1S/C18H17F3N4OS2/c1-10(27-17-23-8-7-14(24-17)18(19,20)21)15(26)25-16-12(9-22)11-5-3-2-4-6-13(11)28-16/h7-8,10H,2-6H2,1H3,(H,25,26). The monoisotopic (exact) mass is 426 g/mol. The second kappa shape index (κ2) is 8.49. The van der Waals surface area contributed by atoms with Crippen molar-refractivity contribution in [2.75, 3.05) is 5.32 Å². The van der Waals surface area contributed by atoms with Crippen LogP contribution in [0.3, 0.4) is 0 Å². The lowest BCUT2D eigenvalue weighted by molar-refractivity contribution is -0.141. The quantitative estimate of drug-likeness (QED) is 0.431. The summed E-state index contributed by atoms with van der Waals surface area (Å²) in [5.74, 6) is -0.404. The number of carbonyl (C=O) groups excluding carboxylic acids is 1. The van der Waals surface area contributed by atoms with Crippen LogP contribution in [0.25, 0.3) is 0 Å². The topological polar surface area (TPSA) is 78.7 Å². The highest BCUT2D eigenvalue weighted by Gasteiger charge is 2.33. The number of nitriles is 1. The van der Waals surface area contributed by atoms with Gasteiger partial charge in [0.15, 0.2) is 5.16 Å². The van der Waals surface area contributed by atoms with Gasteiger partial charge in [-0.2, -0.15) is 18.4 Å². The number of hydrogen-bond acceptors (Lipinski definition) is 6. The van der Waals surface area contributed by atoms with Gasteiger partial charge in [-0.25, -0.2) is 9.97 Å². The number of hydrogen-bond donors (Lipinski definition) is 1. The zero-order valence-corrected chi connectivity index (χ0v) is 16.6. The summed E-state index contributed by atoms with van der Waals surface area (Å²) in [5, 5.41) is 11.9. The Morgan fingerprint density at radius 3 is 2.82 bits per heavy atom. The Kier molecular flexibility index (Phi) is 6.25. The second-order valence-corrected chi connectivity index (χ2v) is 8.77. The smallest absolute Gasteiger partial charge is 0.316 e. The van der Waals surface area contributed by atoms with Gasteiger partial charge < -0.3 is 5.32 Å². The minimum atomic E-state index is -4.57. The minimum absolute atomic E-state index is 0.125. The number of fused-ring (bicyclic) bond motifs is 1. The van der Waals surface area contributed by atoms with Crippen molar-refractivity contribution in [2.24, 2.45) is 0 Å². The zero-order valence-electron chi connectivity index (χ0n) is 15.0. The summed E-state index contributed by atoms with van der Waals surface area (Å²) in [6, 6.07) is 2.97. The Morgan fingerprint density at radius 1 is 1.36 bits per heavy atom. The van der Waals surface area contributed by atoms with Gasteiger partial charge in [-0.15, -0.1) is 11.3 Å². The van der Waals surface area contributed by atoms with Gasteiger partial charge in [0.1, 0.15) is 16.8 Å². The molecule has 0 aromatic carbocycles. The number of thioether (sulfide) groups is 1. The molecule has 0 saturated heterocycles. The van der Waals surface area contributed by atoms with Crippen LogP contribution in [0.2, 0.25) is 0 Å². The Morgan fingerprint density at radius 2 is 2.11 bits per heavy atom. The molecular weight excluding hydrogens is 409 g/mol. The van der Waals surface area contributed by atoms with Crippen molar-refractivity contribution < 1.29 is 18.0 Å². The predicted molar refractivity (Wildman–Crippen MR) is 101 cm³/mol. The van der Waals surface area contributed by atoms with Gasteiger partial charge in [-0.05, 0) is 44.2 Å². The van der Waals surface area contributed by atoms with Crippen LogP contribution in [0.4, 0.5) is 18.2 Å². The fraction of sp³-hybridized carbons (Fsp3) is 0.444. The molecule has 3 rings (SSSR count). The first-order chi connectivity index (χ1) is 13.3. The van der Waals surface area contributed by atoms with E-state index in [4.69, 9.17) is 0 Å². The average Bonchev–Trinajstić information content (AvgIpc) is 2.80. The molecule has 148 valence electrons. The molecule has 0 fully saturated rings. The first-order valence-corrected chi connectivity index (χ1v) is 10.4. The number of halogens is 3. The highest BCUT2D eigenvalue weighted by molar-refractivity contribution is 8.00. The van der Waals surface area contributed by atoms with Crippen LogP contribution in [0.5, 0.6) is 0 Å². The van der Waals surface area contributed by atoms with E-state index < -0.39 is 23.0 Å². The number of nitrogens with zero attached hydrogens (tertiary/aromatic N) is 3. The van der Waals surface area contributed by atoms with Gasteiger partial charge in [0.05, 0.1) is 10.8 Å². The number of aromatic nitrogens is 2. The Bertz CT molecular complexity index is 921. The van der Waals surface area contributed by atoms with Crippen molar-refractivity contribution in [3.63, 3.8) is 0 Å². The maximum atomic E-state index is 12.8. The second-order valence-electron chi connectivity index (χ2n) is 6.35. The summed E-state index contributed by atoms with van der Waals surface area (Å²) >= 11 is 2.25. The van der Waals surface area contributed by atoms with Crippen LogP contribution in [-0.4, -0.2) is 21.1 Å². The van der Waals surface area contributed by atoms with Gasteiger partial charge in [0, 0.05) is 11.1 Å². The van der Waals surface area contributed by atoms with E-state index in [1.807, 2.05) is 0 Å². The van der Waals surface area contributed by atoms with Crippen LogP contribution in [0, 0.1) is 11.3 Å². The van der Waals surface area contributed by atoms with Crippen molar-refractivity contribution in [3.05, 3.63) is 34.0 Å². The molecule has 28 heavy (non-hydrogen) atoms. The molecule has 0 spiro atoms. The fourth-order valence-corrected chi connectivity index (χ4v) is 4.93. The molecule has 2 heterocycles. The third kappa shape index (κ3) is 4.64. The van der Waals surface area contributed by atoms with Crippen LogP contribution in [0.15, 0.2) is 17.4 Å². The summed E-state index contributed by atoms with van der Waals surface area (Å²) in [6.07, 6.45) is 1.38. The van der Waals surface area contributed by atoms with E-state index in [-0.39, 0.29) is 5.16 Å². The maximum Gasteiger partial charge on any atom is 0.433 e. The highest BCUT2D eigenvalue weighted by atomic mass is 32.2. The molecule has 1 aliphatic rings. The molecular formula is C18H17F3N4OS2. The molecule has 0 bridgehead atoms. The molecule has 0 radical (unpaired) electrons. The summed E-state index contributed by atoms with van der Waals surface area (Å²) in [5.41, 5.74) is 0.468. The van der Waals surface area contributed by atoms with E-state index in [0.717, 1.165) is 66.6 Å². The van der Waals surface area contributed by atoms with Crippen molar-refractivity contribution in [2.45, 2.75) is 55.6 Å². The van der Waals surface area contributed by atoms with E-state index in [1.165, 1.54) is 11.3 Å². The first kappa shape index (κ1) is 20.6. The van der Waals surface area contributed by atoms with Gasteiger partial charge >= 0.3 is 6.18 Å². The summed E-state index contributed by atoms with van der Waals surface area (Å²) in [6.45, 7) is 1.56. The van der Waals surface area contributed by atoms with Crippen LogP contribution < -0.4 is 5.32 Å². The SMILES string of the molecule is CC(Sc1nccc(C(F)(F)F)n1)C(=O)Nc1sc2c(c1C#N)CCCCC2. The van der Waals surface area contributed by atoms with E-state index in [0.29, 0.717) is 10.6 Å². The molecule has 1 amide bonds. The van der Waals surface area contributed by atoms with E-state index in [9.17, 15) is 23.2 Å². The molecule has 10 heteroatoms. The zero-order chi connectivity index (χ0) is 20.3. The molecule has 1 atom stereocenters. The van der Waals surface area contributed by atoms with Gasteiger partial charge in [-0.1, -0.05) is 18.2 Å². The summed E-state index contributed by atoms with van der Waals surface area (Å²) < 4.78 is 38.3. The van der Waals surface area contributed by atoms with Gasteiger partial charge in [0.25, 0.3) is 0 Å². The average molecular weight is 426 g/mol. The third-order valence-corrected chi connectivity index (χ3v) is 6.53. The van der Waals surface area contributed by atoms with Gasteiger partial charge in [0.2, 0.25) is 5.91 Å². The lowest BCUT2D eigenvalue weighted by atomic mass is 10.1. The summed E-state index contributed by atoms with van der Waals surface area (Å²) in [7, 11) is 0. The largest absolute Gasteiger partial charge is 0.433 e. The molecule has 5 nitrogen and oxygen atoms in total. The number of carbonyl (C=O) groups is 1. The molecule has 2 aromatic rings. The summed E-state index contributed by atoms with van der Waals surface area (Å²) in [4.78, 5) is 20.9. The van der Waals surface area contributed by atoms with E-state index in [2.05, 4.69) is 21.4 Å². The Balaban J connectivity index is 1.73. The fourth-order valence-electron chi connectivity index (χ4n) is 2.93. The molecule has 0 saturated carbocycles. The maximum absolute atomic E-state index is 12.8. The number of nitrogens with one attached hydrogen (secondary N) is 1. The van der Waals surface area contributed by atoms with E-state index in [1.54, 1.807) is 6.92 Å². The third-order valence-electron chi connectivity index (χ3n) is 4.35. The number of rotatable bonds is 4. The van der Waals surface area contributed by atoms with E-state index >= 15 is 0 Å². The van der Waals surface area contributed by atoms with Gasteiger partial charge in [-0.3, -0.25) is 4.79 Å². The molecule has 0 aliphatic heterocycles. The molecule has 2 aromatic heterocycles. The normalized spacial score (nSPS) is 15.2. The lowest BCUT2D eigenvalue weighted by Gasteiger charge is -2.11. The molecule has 1 unspecified atom stereocenters. The Hall–Kier alpha value is -2.12. The number of amides is 1.